The molecule has 1 N–H and O–H groups in total. The summed E-state index contributed by atoms with van der Waals surface area (Å²) in [7, 11) is 0. The standard InChI is InChI=1S/C12H22N2/c1-3-8-14(9-4-2)10-6-12-5-7-13-11-12/h3-4,12-13H,1-2,5-11H2. The molecule has 1 aliphatic rings. The van der Waals surface area contributed by atoms with Gasteiger partial charge >= 0.3 is 0 Å². The van der Waals surface area contributed by atoms with Crippen molar-refractivity contribution in [3.8, 4) is 0 Å². The third kappa shape index (κ3) is 4.07. The molecule has 80 valence electrons. The van der Waals surface area contributed by atoms with E-state index < -0.39 is 0 Å². The van der Waals surface area contributed by atoms with Gasteiger partial charge in [-0.1, -0.05) is 12.2 Å². The van der Waals surface area contributed by atoms with Crippen molar-refractivity contribution in [2.45, 2.75) is 12.8 Å². The summed E-state index contributed by atoms with van der Waals surface area (Å²) >= 11 is 0. The van der Waals surface area contributed by atoms with Crippen LogP contribution in [0.1, 0.15) is 12.8 Å². The molecule has 1 unspecified atom stereocenters. The molecule has 0 aromatic rings. The van der Waals surface area contributed by atoms with Crippen molar-refractivity contribution < 1.29 is 0 Å². The van der Waals surface area contributed by atoms with Gasteiger partial charge in [-0.25, -0.2) is 0 Å². The van der Waals surface area contributed by atoms with Gasteiger partial charge in [0.2, 0.25) is 0 Å². The van der Waals surface area contributed by atoms with E-state index in [0.717, 1.165) is 19.0 Å². The van der Waals surface area contributed by atoms with E-state index in [9.17, 15) is 0 Å². The molecule has 0 aromatic carbocycles. The van der Waals surface area contributed by atoms with Gasteiger partial charge in [-0.2, -0.15) is 0 Å². The lowest BCUT2D eigenvalue weighted by molar-refractivity contribution is 0.305. The van der Waals surface area contributed by atoms with Crippen LogP contribution in [0.4, 0.5) is 0 Å². The van der Waals surface area contributed by atoms with E-state index in [0.29, 0.717) is 0 Å². The monoisotopic (exact) mass is 194 g/mol. The predicted octanol–water partition coefficient (Wildman–Crippen LogP) is 1.66. The fourth-order valence-corrected chi connectivity index (χ4v) is 1.95. The zero-order chi connectivity index (χ0) is 10.2. The Morgan fingerprint density at radius 2 is 2.00 bits per heavy atom. The van der Waals surface area contributed by atoms with Gasteiger partial charge in [-0.3, -0.25) is 4.90 Å². The first-order valence-corrected chi connectivity index (χ1v) is 5.51. The third-order valence-electron chi connectivity index (χ3n) is 2.79. The minimum Gasteiger partial charge on any atom is -0.316 e. The van der Waals surface area contributed by atoms with E-state index in [1.807, 2.05) is 12.2 Å². The molecule has 2 heteroatoms. The Bertz CT molecular complexity index is 161. The topological polar surface area (TPSA) is 15.3 Å². The van der Waals surface area contributed by atoms with Gasteiger partial charge in [0.05, 0.1) is 0 Å². The molecule has 1 heterocycles. The molecular weight excluding hydrogens is 172 g/mol. The van der Waals surface area contributed by atoms with Gasteiger partial charge in [0.15, 0.2) is 0 Å². The summed E-state index contributed by atoms with van der Waals surface area (Å²) in [6.45, 7) is 13.1. The number of hydrogen-bond donors (Lipinski definition) is 1. The van der Waals surface area contributed by atoms with Crippen molar-refractivity contribution >= 4 is 0 Å². The van der Waals surface area contributed by atoms with Gasteiger partial charge in [-0.05, 0) is 38.4 Å². The van der Waals surface area contributed by atoms with E-state index in [4.69, 9.17) is 0 Å². The van der Waals surface area contributed by atoms with Crippen molar-refractivity contribution in [2.24, 2.45) is 5.92 Å². The van der Waals surface area contributed by atoms with Crippen molar-refractivity contribution in [3.63, 3.8) is 0 Å². The molecule has 0 bridgehead atoms. The summed E-state index contributed by atoms with van der Waals surface area (Å²) in [5.41, 5.74) is 0. The molecule has 0 saturated carbocycles. The maximum Gasteiger partial charge on any atom is 0.0163 e. The molecule has 1 atom stereocenters. The molecule has 0 spiro atoms. The van der Waals surface area contributed by atoms with Crippen molar-refractivity contribution in [3.05, 3.63) is 25.3 Å². The molecule has 1 rings (SSSR count). The Kier molecular flexibility index (Phi) is 5.57. The highest BCUT2D eigenvalue weighted by Crippen LogP contribution is 2.12. The van der Waals surface area contributed by atoms with E-state index in [1.54, 1.807) is 0 Å². The molecule has 14 heavy (non-hydrogen) atoms. The second kappa shape index (κ2) is 6.80. The summed E-state index contributed by atoms with van der Waals surface area (Å²) in [6, 6.07) is 0. The van der Waals surface area contributed by atoms with E-state index >= 15 is 0 Å². The molecular formula is C12H22N2. The normalized spacial score (nSPS) is 21.4. The van der Waals surface area contributed by atoms with Crippen LogP contribution in [0.2, 0.25) is 0 Å². The zero-order valence-electron chi connectivity index (χ0n) is 9.04. The first-order chi connectivity index (χ1) is 6.86. The Morgan fingerprint density at radius 3 is 2.50 bits per heavy atom. The molecule has 0 radical (unpaired) electrons. The van der Waals surface area contributed by atoms with E-state index in [1.165, 1.54) is 32.5 Å². The van der Waals surface area contributed by atoms with Crippen LogP contribution < -0.4 is 5.32 Å². The van der Waals surface area contributed by atoms with Crippen LogP contribution in [-0.4, -0.2) is 37.6 Å². The summed E-state index contributed by atoms with van der Waals surface area (Å²) in [5, 5.41) is 3.40. The lowest BCUT2D eigenvalue weighted by atomic mass is 10.0. The van der Waals surface area contributed by atoms with Gasteiger partial charge in [0, 0.05) is 13.1 Å². The van der Waals surface area contributed by atoms with Gasteiger partial charge in [0.25, 0.3) is 0 Å². The molecule has 2 nitrogen and oxygen atoms in total. The second-order valence-electron chi connectivity index (χ2n) is 3.98. The quantitative estimate of drug-likeness (QED) is 0.620. The Balaban J connectivity index is 2.16. The van der Waals surface area contributed by atoms with Crippen molar-refractivity contribution in [1.29, 1.82) is 0 Å². The molecule has 0 amide bonds. The summed E-state index contributed by atoms with van der Waals surface area (Å²) in [5.74, 6) is 0.882. The number of rotatable bonds is 7. The van der Waals surface area contributed by atoms with Crippen molar-refractivity contribution in [1.82, 2.24) is 10.2 Å². The number of nitrogens with zero attached hydrogens (tertiary/aromatic N) is 1. The van der Waals surface area contributed by atoms with Crippen LogP contribution in [0.25, 0.3) is 0 Å². The number of hydrogen-bond acceptors (Lipinski definition) is 2. The van der Waals surface area contributed by atoms with E-state index in [2.05, 4.69) is 23.4 Å². The van der Waals surface area contributed by atoms with Crippen LogP contribution in [-0.2, 0) is 0 Å². The Hall–Kier alpha value is -0.600. The summed E-state index contributed by atoms with van der Waals surface area (Å²) in [6.07, 6.45) is 6.58. The third-order valence-corrected chi connectivity index (χ3v) is 2.79. The maximum absolute atomic E-state index is 3.77. The SMILES string of the molecule is C=CCN(CC=C)CCC1CCNC1. The van der Waals surface area contributed by atoms with Crippen LogP contribution >= 0.6 is 0 Å². The maximum atomic E-state index is 3.77. The highest BCUT2D eigenvalue weighted by Gasteiger charge is 2.14. The summed E-state index contributed by atoms with van der Waals surface area (Å²) in [4.78, 5) is 2.39. The van der Waals surface area contributed by atoms with Gasteiger partial charge in [0.1, 0.15) is 0 Å². The Morgan fingerprint density at radius 1 is 1.29 bits per heavy atom. The molecule has 1 saturated heterocycles. The molecule has 1 aliphatic heterocycles. The van der Waals surface area contributed by atoms with Gasteiger partial charge in [-0.15, -0.1) is 13.2 Å². The van der Waals surface area contributed by atoms with E-state index in [-0.39, 0.29) is 0 Å². The average molecular weight is 194 g/mol. The zero-order valence-corrected chi connectivity index (χ0v) is 9.04. The largest absolute Gasteiger partial charge is 0.316 e. The molecule has 1 fully saturated rings. The van der Waals surface area contributed by atoms with Gasteiger partial charge < -0.3 is 5.32 Å². The minimum absolute atomic E-state index is 0.882. The summed E-state index contributed by atoms with van der Waals surface area (Å²) < 4.78 is 0. The van der Waals surface area contributed by atoms with Crippen LogP contribution in [0.5, 0.6) is 0 Å². The minimum atomic E-state index is 0.882. The molecule has 0 aliphatic carbocycles. The lowest BCUT2D eigenvalue weighted by Crippen LogP contribution is -2.27. The van der Waals surface area contributed by atoms with Crippen LogP contribution in [0.3, 0.4) is 0 Å². The molecule has 0 aromatic heterocycles. The van der Waals surface area contributed by atoms with Crippen molar-refractivity contribution in [2.75, 3.05) is 32.7 Å². The predicted molar refractivity (Wildman–Crippen MR) is 62.4 cm³/mol. The first-order valence-electron chi connectivity index (χ1n) is 5.51. The highest BCUT2D eigenvalue weighted by atomic mass is 15.1. The van der Waals surface area contributed by atoms with Crippen LogP contribution in [0, 0.1) is 5.92 Å². The number of nitrogens with one attached hydrogen (secondary N) is 1. The first kappa shape index (κ1) is 11.5. The van der Waals surface area contributed by atoms with Crippen LogP contribution in [0.15, 0.2) is 25.3 Å². The second-order valence-corrected chi connectivity index (χ2v) is 3.98. The highest BCUT2D eigenvalue weighted by molar-refractivity contribution is 4.81. The lowest BCUT2D eigenvalue weighted by Gasteiger charge is -2.20. The fraction of sp³-hybridized carbons (Fsp3) is 0.667. The smallest absolute Gasteiger partial charge is 0.0163 e. The fourth-order valence-electron chi connectivity index (χ4n) is 1.95. The Labute approximate surface area is 87.7 Å². The average Bonchev–Trinajstić information content (AvgIpc) is 2.67.